The van der Waals surface area contributed by atoms with Crippen molar-refractivity contribution < 1.29 is 9.59 Å². The quantitative estimate of drug-likeness (QED) is 0.671. The number of carbonyl (C=O) groups excluding carboxylic acids is 2. The van der Waals surface area contributed by atoms with Gasteiger partial charge in [-0.05, 0) is 42.5 Å². The lowest BCUT2D eigenvalue weighted by Crippen LogP contribution is -2.23. The third kappa shape index (κ3) is 3.89. The fourth-order valence-electron chi connectivity index (χ4n) is 2.63. The van der Waals surface area contributed by atoms with Gasteiger partial charge in [0, 0.05) is 23.5 Å². The second kappa shape index (κ2) is 7.40. The molecule has 5 nitrogen and oxygen atoms in total. The summed E-state index contributed by atoms with van der Waals surface area (Å²) in [6, 6.07) is 11.5. The molecule has 1 aliphatic rings. The summed E-state index contributed by atoms with van der Waals surface area (Å²) in [6.07, 6.45) is 1.88. The maximum absolute atomic E-state index is 11.9. The number of thiophene rings is 1. The molecule has 0 spiro atoms. The normalized spacial score (nSPS) is 15.0. The van der Waals surface area contributed by atoms with Crippen molar-refractivity contribution in [3.63, 3.8) is 0 Å². The molecule has 124 valence electrons. The van der Waals surface area contributed by atoms with Crippen molar-refractivity contribution in [2.45, 2.75) is 26.2 Å². The molecule has 1 N–H and O–H groups in total. The molecule has 6 heteroatoms. The van der Waals surface area contributed by atoms with E-state index in [0.29, 0.717) is 12.8 Å². The number of nitrogens with zero attached hydrogens (tertiary/aromatic N) is 2. The van der Waals surface area contributed by atoms with Gasteiger partial charge in [0.05, 0.1) is 12.1 Å². The Morgan fingerprint density at radius 1 is 1.29 bits per heavy atom. The van der Waals surface area contributed by atoms with E-state index in [2.05, 4.69) is 10.5 Å². The minimum absolute atomic E-state index is 0.129. The second-order valence-corrected chi connectivity index (χ2v) is 6.72. The molecule has 2 aromatic rings. The number of hydrazone groups is 1. The summed E-state index contributed by atoms with van der Waals surface area (Å²) < 4.78 is 0. The Kier molecular flexibility index (Phi) is 5.05. The van der Waals surface area contributed by atoms with Gasteiger partial charge in [-0.3, -0.25) is 9.59 Å². The molecule has 1 fully saturated rings. The second-order valence-electron chi connectivity index (χ2n) is 5.68. The number of carbonyl (C=O) groups is 2. The van der Waals surface area contributed by atoms with Crippen LogP contribution >= 0.6 is 11.3 Å². The molecule has 1 aromatic heterocycles. The Bertz CT molecular complexity index is 751. The van der Waals surface area contributed by atoms with Gasteiger partial charge in [-0.1, -0.05) is 18.2 Å². The van der Waals surface area contributed by atoms with Crippen LogP contribution in [0, 0.1) is 0 Å². The van der Waals surface area contributed by atoms with E-state index < -0.39 is 0 Å². The van der Waals surface area contributed by atoms with E-state index in [0.717, 1.165) is 34.8 Å². The fraction of sp³-hybridized carbons (Fsp3) is 0.278. The molecule has 0 atom stereocenters. The molecule has 0 unspecified atom stereocenters. The molecule has 1 aliphatic heterocycles. The van der Waals surface area contributed by atoms with Crippen LogP contribution in [0.25, 0.3) is 0 Å². The van der Waals surface area contributed by atoms with Gasteiger partial charge in [0.25, 0.3) is 0 Å². The van der Waals surface area contributed by atoms with E-state index in [9.17, 15) is 9.59 Å². The third-order valence-electron chi connectivity index (χ3n) is 3.93. The van der Waals surface area contributed by atoms with Gasteiger partial charge in [-0.2, -0.15) is 5.10 Å². The molecule has 24 heavy (non-hydrogen) atoms. The molecular formula is C18H19N3O2S. The van der Waals surface area contributed by atoms with Gasteiger partial charge in [0.2, 0.25) is 11.8 Å². The minimum Gasteiger partial charge on any atom is -0.312 e. The van der Waals surface area contributed by atoms with Crippen molar-refractivity contribution >= 4 is 34.6 Å². The predicted octanol–water partition coefficient (Wildman–Crippen LogP) is 2.96. The standard InChI is InChI=1S/C18H19N3O2S/c1-13(19-20-17(22)12-16-4-3-11-24-16)14-6-8-15(9-7-14)21-10-2-5-18(21)23/h3-4,6-9,11H,2,5,10,12H2,1H3,(H,20,22)/b19-13-. The Morgan fingerprint density at radius 2 is 2.08 bits per heavy atom. The van der Waals surface area contributed by atoms with E-state index in [1.165, 1.54) is 0 Å². The summed E-state index contributed by atoms with van der Waals surface area (Å²) in [4.78, 5) is 26.4. The van der Waals surface area contributed by atoms with Crippen molar-refractivity contribution in [3.8, 4) is 0 Å². The van der Waals surface area contributed by atoms with Crippen LogP contribution in [0.1, 0.15) is 30.2 Å². The number of hydrogen-bond acceptors (Lipinski definition) is 4. The Balaban J connectivity index is 1.60. The summed E-state index contributed by atoms with van der Waals surface area (Å²) in [5, 5.41) is 6.11. The maximum atomic E-state index is 11.9. The summed E-state index contributed by atoms with van der Waals surface area (Å²) in [6.45, 7) is 2.63. The zero-order valence-corrected chi connectivity index (χ0v) is 14.3. The first-order chi connectivity index (χ1) is 11.6. The maximum Gasteiger partial charge on any atom is 0.245 e. The van der Waals surface area contributed by atoms with Gasteiger partial charge in [-0.25, -0.2) is 5.43 Å². The molecule has 1 saturated heterocycles. The molecule has 2 amide bonds. The lowest BCUT2D eigenvalue weighted by Gasteiger charge is -2.15. The number of anilines is 1. The topological polar surface area (TPSA) is 61.8 Å². The van der Waals surface area contributed by atoms with E-state index in [4.69, 9.17) is 0 Å². The van der Waals surface area contributed by atoms with Crippen LogP contribution in [-0.4, -0.2) is 24.1 Å². The average Bonchev–Trinajstić information content (AvgIpc) is 3.24. The lowest BCUT2D eigenvalue weighted by atomic mass is 10.1. The van der Waals surface area contributed by atoms with Crippen LogP contribution in [0.4, 0.5) is 5.69 Å². The van der Waals surface area contributed by atoms with Gasteiger partial charge >= 0.3 is 0 Å². The van der Waals surface area contributed by atoms with E-state index in [1.54, 1.807) is 16.2 Å². The molecule has 0 aliphatic carbocycles. The number of nitrogens with one attached hydrogen (secondary N) is 1. The van der Waals surface area contributed by atoms with Crippen molar-refractivity contribution in [1.82, 2.24) is 5.43 Å². The highest BCUT2D eigenvalue weighted by Crippen LogP contribution is 2.21. The van der Waals surface area contributed by atoms with Gasteiger partial charge < -0.3 is 4.90 Å². The molecule has 0 radical (unpaired) electrons. The summed E-state index contributed by atoms with van der Waals surface area (Å²) >= 11 is 1.55. The highest BCUT2D eigenvalue weighted by atomic mass is 32.1. The molecule has 0 saturated carbocycles. The summed E-state index contributed by atoms with van der Waals surface area (Å²) in [5.41, 5.74) is 5.15. The van der Waals surface area contributed by atoms with E-state index in [-0.39, 0.29) is 11.8 Å². The number of hydrogen-bond donors (Lipinski definition) is 1. The van der Waals surface area contributed by atoms with Crippen LogP contribution in [-0.2, 0) is 16.0 Å². The first kappa shape index (κ1) is 16.4. The molecular weight excluding hydrogens is 322 g/mol. The number of rotatable bonds is 5. The minimum atomic E-state index is -0.129. The van der Waals surface area contributed by atoms with Gasteiger partial charge in [0.1, 0.15) is 0 Å². The van der Waals surface area contributed by atoms with Gasteiger partial charge in [0.15, 0.2) is 0 Å². The number of amides is 2. The third-order valence-corrected chi connectivity index (χ3v) is 4.81. The summed E-state index contributed by atoms with van der Waals surface area (Å²) in [5.74, 6) is 0.0464. The molecule has 3 rings (SSSR count). The highest BCUT2D eigenvalue weighted by molar-refractivity contribution is 7.10. The number of benzene rings is 1. The Hall–Kier alpha value is -2.47. The van der Waals surface area contributed by atoms with Crippen LogP contribution in [0.5, 0.6) is 0 Å². The van der Waals surface area contributed by atoms with Gasteiger partial charge in [-0.15, -0.1) is 11.3 Å². The zero-order chi connectivity index (χ0) is 16.9. The zero-order valence-electron chi connectivity index (χ0n) is 13.5. The van der Waals surface area contributed by atoms with Crippen molar-refractivity contribution in [3.05, 3.63) is 52.2 Å². The van der Waals surface area contributed by atoms with Crippen molar-refractivity contribution in [2.75, 3.05) is 11.4 Å². The Morgan fingerprint density at radius 3 is 2.71 bits per heavy atom. The predicted molar refractivity (Wildman–Crippen MR) is 96.4 cm³/mol. The fourth-order valence-corrected chi connectivity index (χ4v) is 3.33. The van der Waals surface area contributed by atoms with Crippen LogP contribution in [0.3, 0.4) is 0 Å². The molecule has 0 bridgehead atoms. The largest absolute Gasteiger partial charge is 0.312 e. The smallest absolute Gasteiger partial charge is 0.245 e. The van der Waals surface area contributed by atoms with E-state index >= 15 is 0 Å². The Labute approximate surface area is 145 Å². The first-order valence-electron chi connectivity index (χ1n) is 7.90. The summed E-state index contributed by atoms with van der Waals surface area (Å²) in [7, 11) is 0. The first-order valence-corrected chi connectivity index (χ1v) is 8.78. The molecule has 1 aromatic carbocycles. The van der Waals surface area contributed by atoms with Crippen LogP contribution in [0.15, 0.2) is 46.9 Å². The van der Waals surface area contributed by atoms with E-state index in [1.807, 2.05) is 48.7 Å². The highest BCUT2D eigenvalue weighted by Gasteiger charge is 2.21. The monoisotopic (exact) mass is 341 g/mol. The average molecular weight is 341 g/mol. The van der Waals surface area contributed by atoms with Crippen molar-refractivity contribution in [2.24, 2.45) is 5.10 Å². The van der Waals surface area contributed by atoms with Crippen LogP contribution < -0.4 is 10.3 Å². The van der Waals surface area contributed by atoms with Crippen molar-refractivity contribution in [1.29, 1.82) is 0 Å². The lowest BCUT2D eigenvalue weighted by molar-refractivity contribution is -0.120. The molecule has 2 heterocycles. The SMILES string of the molecule is C/C(=N/NC(=O)Cc1cccs1)c1ccc(N2CCCC2=O)cc1. The van der Waals surface area contributed by atoms with Crippen LogP contribution in [0.2, 0.25) is 0 Å².